The minimum absolute atomic E-state index is 0.151. The molecular formula is C11H18N2O. The second kappa shape index (κ2) is 5.66. The third-order valence-corrected chi connectivity index (χ3v) is 2.37. The Morgan fingerprint density at radius 2 is 2.36 bits per heavy atom. The van der Waals surface area contributed by atoms with Gasteiger partial charge in [-0.2, -0.15) is 0 Å². The Hall–Kier alpha value is -1.01. The zero-order valence-electron chi connectivity index (χ0n) is 8.75. The summed E-state index contributed by atoms with van der Waals surface area (Å²) in [6.07, 6.45) is 8.25. The Morgan fingerprint density at radius 3 is 2.86 bits per heavy atom. The second-order valence-electron chi connectivity index (χ2n) is 3.59. The number of nitrogens with one attached hydrogen (secondary N) is 1. The summed E-state index contributed by atoms with van der Waals surface area (Å²) in [5.41, 5.74) is 0. The molecule has 1 amide bonds. The lowest BCUT2D eigenvalue weighted by atomic mass is 10.3. The van der Waals surface area contributed by atoms with Gasteiger partial charge in [-0.25, -0.2) is 0 Å². The highest BCUT2D eigenvalue weighted by Gasteiger charge is 2.20. The molecule has 1 fully saturated rings. The van der Waals surface area contributed by atoms with Gasteiger partial charge in [-0.3, -0.25) is 4.79 Å². The van der Waals surface area contributed by atoms with E-state index in [9.17, 15) is 4.79 Å². The third-order valence-electron chi connectivity index (χ3n) is 2.37. The van der Waals surface area contributed by atoms with Crippen molar-refractivity contribution in [2.75, 3.05) is 19.6 Å². The third kappa shape index (κ3) is 3.80. The molecule has 0 aromatic rings. The van der Waals surface area contributed by atoms with Crippen molar-refractivity contribution in [2.45, 2.75) is 32.2 Å². The first kappa shape index (κ1) is 11.1. The molecule has 0 unspecified atom stereocenters. The standard InChI is InChI=1S/C11H18N2O/c1-3-9-13(4-2)11(14)7-8-12-10-5-6-10/h1,10,12H,4-9H2,2H3. The molecule has 0 atom stereocenters. The molecule has 0 heterocycles. The highest BCUT2D eigenvalue weighted by Crippen LogP contribution is 2.18. The summed E-state index contributed by atoms with van der Waals surface area (Å²) in [6, 6.07) is 0.672. The number of carbonyl (C=O) groups is 1. The topological polar surface area (TPSA) is 32.3 Å². The number of amides is 1. The molecule has 1 rings (SSSR count). The number of rotatable bonds is 6. The lowest BCUT2D eigenvalue weighted by Gasteiger charge is -2.17. The van der Waals surface area contributed by atoms with Crippen molar-refractivity contribution in [3.05, 3.63) is 0 Å². The molecule has 1 aliphatic rings. The minimum Gasteiger partial charge on any atom is -0.332 e. The molecule has 1 aliphatic carbocycles. The van der Waals surface area contributed by atoms with E-state index in [1.807, 2.05) is 6.92 Å². The zero-order valence-corrected chi connectivity index (χ0v) is 8.75. The van der Waals surface area contributed by atoms with E-state index in [1.165, 1.54) is 12.8 Å². The molecule has 0 aromatic carbocycles. The highest BCUT2D eigenvalue weighted by atomic mass is 16.2. The van der Waals surface area contributed by atoms with Crippen LogP contribution in [0.25, 0.3) is 0 Å². The monoisotopic (exact) mass is 194 g/mol. The van der Waals surface area contributed by atoms with Crippen LogP contribution in [0, 0.1) is 12.3 Å². The van der Waals surface area contributed by atoms with Crippen LogP contribution in [0.5, 0.6) is 0 Å². The Morgan fingerprint density at radius 1 is 1.64 bits per heavy atom. The summed E-state index contributed by atoms with van der Waals surface area (Å²) >= 11 is 0. The van der Waals surface area contributed by atoms with Gasteiger partial charge in [-0.1, -0.05) is 5.92 Å². The maximum absolute atomic E-state index is 11.6. The van der Waals surface area contributed by atoms with Crippen molar-refractivity contribution in [3.8, 4) is 12.3 Å². The summed E-state index contributed by atoms with van der Waals surface area (Å²) < 4.78 is 0. The van der Waals surface area contributed by atoms with Crippen LogP contribution in [-0.4, -0.2) is 36.5 Å². The quantitative estimate of drug-likeness (QED) is 0.628. The second-order valence-corrected chi connectivity index (χ2v) is 3.59. The van der Waals surface area contributed by atoms with Crippen molar-refractivity contribution in [1.82, 2.24) is 10.2 Å². The lowest BCUT2D eigenvalue weighted by molar-refractivity contribution is -0.130. The van der Waals surface area contributed by atoms with E-state index in [1.54, 1.807) is 4.90 Å². The smallest absolute Gasteiger partial charge is 0.224 e. The molecule has 0 bridgehead atoms. The average molecular weight is 194 g/mol. The van der Waals surface area contributed by atoms with E-state index < -0.39 is 0 Å². The van der Waals surface area contributed by atoms with Crippen molar-refractivity contribution in [1.29, 1.82) is 0 Å². The normalized spacial score (nSPS) is 14.9. The number of hydrogen-bond donors (Lipinski definition) is 1. The van der Waals surface area contributed by atoms with E-state index in [0.717, 1.165) is 6.54 Å². The van der Waals surface area contributed by atoms with E-state index in [4.69, 9.17) is 6.42 Å². The zero-order chi connectivity index (χ0) is 10.4. The molecule has 1 saturated carbocycles. The molecule has 3 heteroatoms. The van der Waals surface area contributed by atoms with Crippen LogP contribution < -0.4 is 5.32 Å². The van der Waals surface area contributed by atoms with Crippen LogP contribution in [0.2, 0.25) is 0 Å². The molecule has 0 aliphatic heterocycles. The highest BCUT2D eigenvalue weighted by molar-refractivity contribution is 5.76. The summed E-state index contributed by atoms with van der Waals surface area (Å²) in [5.74, 6) is 2.65. The number of nitrogens with zero attached hydrogens (tertiary/aromatic N) is 1. The van der Waals surface area contributed by atoms with E-state index in [-0.39, 0.29) is 5.91 Å². The predicted octanol–water partition coefficient (Wildman–Crippen LogP) is 0.610. The Kier molecular flexibility index (Phi) is 4.48. The predicted molar refractivity (Wildman–Crippen MR) is 56.7 cm³/mol. The number of carbonyl (C=O) groups excluding carboxylic acids is 1. The van der Waals surface area contributed by atoms with Gasteiger partial charge in [-0.05, 0) is 19.8 Å². The summed E-state index contributed by atoms with van der Waals surface area (Å²) in [6.45, 7) is 3.86. The van der Waals surface area contributed by atoms with Gasteiger partial charge >= 0.3 is 0 Å². The van der Waals surface area contributed by atoms with Crippen LogP contribution in [-0.2, 0) is 4.79 Å². The van der Waals surface area contributed by atoms with E-state index >= 15 is 0 Å². The van der Waals surface area contributed by atoms with Crippen LogP contribution in [0.1, 0.15) is 26.2 Å². The molecule has 0 radical (unpaired) electrons. The summed E-state index contributed by atoms with van der Waals surface area (Å²) in [4.78, 5) is 13.3. The maximum atomic E-state index is 11.6. The fourth-order valence-corrected chi connectivity index (χ4v) is 1.32. The van der Waals surface area contributed by atoms with Crippen LogP contribution in [0.4, 0.5) is 0 Å². The Bertz CT molecular complexity index is 228. The molecule has 0 spiro atoms. The van der Waals surface area contributed by atoms with E-state index in [2.05, 4.69) is 11.2 Å². The maximum Gasteiger partial charge on any atom is 0.224 e. The molecule has 3 nitrogen and oxygen atoms in total. The first-order valence-electron chi connectivity index (χ1n) is 5.22. The van der Waals surface area contributed by atoms with E-state index in [0.29, 0.717) is 25.6 Å². The first-order chi connectivity index (χ1) is 6.77. The average Bonchev–Trinajstić information content (AvgIpc) is 2.97. The van der Waals surface area contributed by atoms with Crippen molar-refractivity contribution < 1.29 is 4.79 Å². The van der Waals surface area contributed by atoms with Gasteiger partial charge in [0.15, 0.2) is 0 Å². The van der Waals surface area contributed by atoms with Gasteiger partial charge in [0.1, 0.15) is 0 Å². The van der Waals surface area contributed by atoms with Crippen molar-refractivity contribution in [3.63, 3.8) is 0 Å². The van der Waals surface area contributed by atoms with Gasteiger partial charge in [-0.15, -0.1) is 6.42 Å². The molecule has 78 valence electrons. The summed E-state index contributed by atoms with van der Waals surface area (Å²) in [5, 5.41) is 3.31. The van der Waals surface area contributed by atoms with Crippen LogP contribution in [0.3, 0.4) is 0 Å². The van der Waals surface area contributed by atoms with Crippen molar-refractivity contribution in [2.24, 2.45) is 0 Å². The van der Waals surface area contributed by atoms with Gasteiger partial charge in [0.25, 0.3) is 0 Å². The molecular weight excluding hydrogens is 176 g/mol. The van der Waals surface area contributed by atoms with Gasteiger partial charge < -0.3 is 10.2 Å². The molecule has 1 N–H and O–H groups in total. The summed E-state index contributed by atoms with van der Waals surface area (Å²) in [7, 11) is 0. The number of hydrogen-bond acceptors (Lipinski definition) is 2. The fourth-order valence-electron chi connectivity index (χ4n) is 1.32. The molecule has 0 aromatic heterocycles. The van der Waals surface area contributed by atoms with Crippen LogP contribution in [0.15, 0.2) is 0 Å². The number of terminal acetylenes is 1. The molecule has 0 saturated heterocycles. The lowest BCUT2D eigenvalue weighted by Crippen LogP contribution is -2.33. The fraction of sp³-hybridized carbons (Fsp3) is 0.727. The Labute approximate surface area is 85.9 Å². The first-order valence-corrected chi connectivity index (χ1v) is 5.22. The van der Waals surface area contributed by atoms with Crippen LogP contribution >= 0.6 is 0 Å². The largest absolute Gasteiger partial charge is 0.332 e. The minimum atomic E-state index is 0.151. The SMILES string of the molecule is C#CCN(CC)C(=O)CCNC1CC1. The van der Waals surface area contributed by atoms with Gasteiger partial charge in [0, 0.05) is 25.6 Å². The van der Waals surface area contributed by atoms with Gasteiger partial charge in [0.2, 0.25) is 5.91 Å². The van der Waals surface area contributed by atoms with Crippen molar-refractivity contribution >= 4 is 5.91 Å². The van der Waals surface area contributed by atoms with Gasteiger partial charge in [0.05, 0.1) is 6.54 Å². The molecule has 14 heavy (non-hydrogen) atoms. The Balaban J connectivity index is 2.13.